The summed E-state index contributed by atoms with van der Waals surface area (Å²) >= 11 is 0. The molecule has 17 heteroatoms. The van der Waals surface area contributed by atoms with Crippen LogP contribution in [0.5, 0.6) is 0 Å². The number of rotatable bonds is 23. The number of nitrogens with one attached hydrogen (secondary N) is 3. The van der Waals surface area contributed by atoms with Crippen LogP contribution in [0.25, 0.3) is 22.3 Å². The monoisotopic (exact) mass is 945 g/mol. The number of esters is 1. The topological polar surface area (TPSA) is 215 Å². The number of imide groups is 1. The van der Waals surface area contributed by atoms with Gasteiger partial charge >= 0.3 is 5.97 Å². The van der Waals surface area contributed by atoms with E-state index in [-0.39, 0.29) is 97.3 Å². The van der Waals surface area contributed by atoms with Crippen molar-refractivity contribution in [2.75, 3.05) is 26.4 Å². The van der Waals surface area contributed by atoms with Crippen LogP contribution in [0, 0.1) is 30.0 Å². The van der Waals surface area contributed by atoms with E-state index in [9.17, 15) is 38.7 Å². The standard InChI is InChI=1S/C51H69FN6O10/c1-9-19-50(7,8)36-23-42(61)57(48(36)64)20-15-12-13-18-40(59)56-44(29(4)5)46(62)53-25-41(60)54-28-67-21-16-14-17-32-30(6)37(52)24-38-43(32)31(10-2)33-26-58-39(45(33)55-38)22-35-34(47(58)63)27-68-49(65)51(35,66)11-3/h22,24,29,36,44,66H,9-21,23,25-28H2,1-8H3,(H,53,62)(H,54,60)(H,56,59)/t36?,44-,51-/m0/s1. The molecule has 1 unspecified atom stereocenters. The van der Waals surface area contributed by atoms with Crippen molar-refractivity contribution < 1.29 is 47.7 Å². The highest BCUT2D eigenvalue weighted by Crippen LogP contribution is 2.42. The van der Waals surface area contributed by atoms with Crippen LogP contribution in [0.2, 0.25) is 0 Å². The molecule has 1 aromatic carbocycles. The Morgan fingerprint density at radius 1 is 1.00 bits per heavy atom. The minimum Gasteiger partial charge on any atom is -0.458 e. The Balaban J connectivity index is 0.935. The molecule has 0 spiro atoms. The van der Waals surface area contributed by atoms with Crippen LogP contribution in [0.3, 0.4) is 0 Å². The number of nitrogens with zero attached hydrogens (tertiary/aromatic N) is 3. The highest BCUT2D eigenvalue weighted by Gasteiger charge is 2.47. The van der Waals surface area contributed by atoms with E-state index in [1.165, 1.54) is 11.0 Å². The molecule has 5 amide bonds. The van der Waals surface area contributed by atoms with E-state index in [0.717, 1.165) is 34.9 Å². The third-order valence-electron chi connectivity index (χ3n) is 14.2. The molecule has 3 aliphatic heterocycles. The molecule has 0 bridgehead atoms. The number of cyclic esters (lactones) is 1. The quantitative estimate of drug-likeness (QED) is 0.0314. The Morgan fingerprint density at radius 3 is 2.44 bits per heavy atom. The third kappa shape index (κ3) is 10.7. The number of carbonyl (C=O) groups excluding carboxylic acids is 6. The molecule has 6 rings (SSSR count). The van der Waals surface area contributed by atoms with Crippen molar-refractivity contribution in [2.24, 2.45) is 17.3 Å². The van der Waals surface area contributed by atoms with Crippen molar-refractivity contribution in [3.63, 3.8) is 0 Å². The highest BCUT2D eigenvalue weighted by molar-refractivity contribution is 6.04. The number of aromatic nitrogens is 2. The summed E-state index contributed by atoms with van der Waals surface area (Å²) in [5, 5.41) is 20.1. The number of ether oxygens (including phenoxy) is 2. The number of benzene rings is 1. The molecule has 2 aromatic heterocycles. The molecule has 370 valence electrons. The summed E-state index contributed by atoms with van der Waals surface area (Å²) in [6, 6.07) is 2.22. The number of hydrogen-bond acceptors (Lipinski definition) is 11. The zero-order valence-corrected chi connectivity index (χ0v) is 41.0. The SMILES string of the molecule is CCCC(C)(C)C1CC(=O)N(CCCCCC(=O)N[C@H](C(=O)NCC(=O)NCOCCCCc2c(C)c(F)cc3nc4c(c(CC)c23)Cn2c-4cc3c(c2=O)COC(=O)[C@]3(O)CC)C(C)C)C1=O. The first kappa shape index (κ1) is 51.8. The lowest BCUT2D eigenvalue weighted by molar-refractivity contribution is -0.172. The smallest absolute Gasteiger partial charge is 0.343 e. The van der Waals surface area contributed by atoms with Gasteiger partial charge in [-0.2, -0.15) is 0 Å². The third-order valence-corrected chi connectivity index (χ3v) is 14.2. The van der Waals surface area contributed by atoms with Crippen LogP contribution in [-0.2, 0) is 69.8 Å². The summed E-state index contributed by atoms with van der Waals surface area (Å²) < 4.78 is 28.0. The van der Waals surface area contributed by atoms with Gasteiger partial charge in [-0.1, -0.05) is 61.3 Å². The van der Waals surface area contributed by atoms with E-state index in [4.69, 9.17) is 14.5 Å². The zero-order valence-electron chi connectivity index (χ0n) is 41.0. The van der Waals surface area contributed by atoms with Crippen molar-refractivity contribution in [1.29, 1.82) is 0 Å². The summed E-state index contributed by atoms with van der Waals surface area (Å²) in [5.41, 5.74) is 2.47. The Labute approximate surface area is 397 Å². The lowest BCUT2D eigenvalue weighted by Gasteiger charge is -2.31. The van der Waals surface area contributed by atoms with Crippen molar-refractivity contribution in [3.05, 3.63) is 61.7 Å². The molecule has 4 N–H and O–H groups in total. The maximum absolute atomic E-state index is 15.5. The molecule has 0 radical (unpaired) electrons. The number of pyridine rings is 2. The number of unbranched alkanes of at least 4 members (excludes halogenated alkanes) is 3. The van der Waals surface area contributed by atoms with Crippen LogP contribution in [0.1, 0.15) is 146 Å². The first-order valence-corrected chi connectivity index (χ1v) is 24.4. The molecule has 0 saturated carbocycles. The van der Waals surface area contributed by atoms with E-state index >= 15 is 4.39 Å². The molecule has 3 atom stereocenters. The Hall–Kier alpha value is -5.55. The summed E-state index contributed by atoms with van der Waals surface area (Å²) in [4.78, 5) is 96.7. The first-order valence-electron chi connectivity index (χ1n) is 24.4. The minimum absolute atomic E-state index is 0.0242. The lowest BCUT2D eigenvalue weighted by atomic mass is 9.74. The predicted octanol–water partition coefficient (Wildman–Crippen LogP) is 5.52. The van der Waals surface area contributed by atoms with Gasteiger partial charge in [0.25, 0.3) is 5.56 Å². The number of hydrogen-bond donors (Lipinski definition) is 4. The van der Waals surface area contributed by atoms with Crippen LogP contribution in [0.15, 0.2) is 16.9 Å². The molecule has 3 aromatic rings. The highest BCUT2D eigenvalue weighted by atomic mass is 19.1. The fourth-order valence-electron chi connectivity index (χ4n) is 10.1. The second kappa shape index (κ2) is 21.8. The zero-order chi connectivity index (χ0) is 49.7. The molecule has 0 aliphatic carbocycles. The van der Waals surface area contributed by atoms with E-state index in [1.54, 1.807) is 38.3 Å². The first-order chi connectivity index (χ1) is 32.3. The molecule has 1 fully saturated rings. The summed E-state index contributed by atoms with van der Waals surface area (Å²) in [7, 11) is 0. The second-order valence-corrected chi connectivity index (χ2v) is 19.5. The molecule has 16 nitrogen and oxygen atoms in total. The predicted molar refractivity (Wildman–Crippen MR) is 252 cm³/mol. The largest absolute Gasteiger partial charge is 0.458 e. The fraction of sp³-hybridized carbons (Fsp3) is 0.608. The number of aliphatic hydroxyl groups is 1. The average molecular weight is 945 g/mol. The van der Waals surface area contributed by atoms with E-state index in [2.05, 4.69) is 22.9 Å². The molecule has 3 aliphatic rings. The number of carbonyl (C=O) groups is 6. The van der Waals surface area contributed by atoms with Crippen LogP contribution in [-0.4, -0.2) is 87.5 Å². The fourth-order valence-corrected chi connectivity index (χ4v) is 10.1. The Bertz CT molecular complexity index is 2520. The van der Waals surface area contributed by atoms with Crippen molar-refractivity contribution in [2.45, 2.75) is 157 Å². The maximum Gasteiger partial charge on any atom is 0.343 e. The molecular formula is C51H69FN6O10. The second-order valence-electron chi connectivity index (χ2n) is 19.5. The van der Waals surface area contributed by atoms with Gasteiger partial charge in [-0.25, -0.2) is 14.2 Å². The molecule has 1 saturated heterocycles. The van der Waals surface area contributed by atoms with Crippen molar-refractivity contribution >= 4 is 46.4 Å². The summed E-state index contributed by atoms with van der Waals surface area (Å²) in [6.07, 6.45) is 6.36. The van der Waals surface area contributed by atoms with Gasteiger partial charge in [0, 0.05) is 48.6 Å². The van der Waals surface area contributed by atoms with Crippen molar-refractivity contribution in [3.8, 4) is 11.4 Å². The van der Waals surface area contributed by atoms with Crippen LogP contribution < -0.4 is 21.5 Å². The number of aryl methyl sites for hydroxylation is 2. The van der Waals surface area contributed by atoms with Gasteiger partial charge in [-0.15, -0.1) is 0 Å². The normalized spacial score (nSPS) is 18.1. The van der Waals surface area contributed by atoms with Crippen LogP contribution >= 0.6 is 0 Å². The maximum atomic E-state index is 15.5. The van der Waals surface area contributed by atoms with Gasteiger partial charge in [0.2, 0.25) is 29.5 Å². The van der Waals surface area contributed by atoms with Gasteiger partial charge < -0.3 is 35.1 Å². The number of halogens is 1. The number of fused-ring (bicyclic) bond motifs is 5. The van der Waals surface area contributed by atoms with Gasteiger partial charge in [-0.05, 0) is 92.4 Å². The number of amides is 5. The van der Waals surface area contributed by atoms with Gasteiger partial charge in [0.15, 0.2) is 5.60 Å². The minimum atomic E-state index is -1.96. The van der Waals surface area contributed by atoms with Crippen molar-refractivity contribution in [1.82, 2.24) is 30.4 Å². The van der Waals surface area contributed by atoms with Gasteiger partial charge in [0.1, 0.15) is 25.2 Å². The summed E-state index contributed by atoms with van der Waals surface area (Å²) in [6.45, 7) is 15.4. The Kier molecular flexibility index (Phi) is 16.6. The molecular weight excluding hydrogens is 876 g/mol. The Morgan fingerprint density at radius 2 is 1.75 bits per heavy atom. The van der Waals surface area contributed by atoms with Gasteiger partial charge in [-0.3, -0.25) is 33.7 Å². The number of likely N-dealkylation sites (tertiary alicyclic amines) is 1. The molecule has 68 heavy (non-hydrogen) atoms. The van der Waals surface area contributed by atoms with Gasteiger partial charge in [0.05, 0.1) is 41.5 Å². The van der Waals surface area contributed by atoms with E-state index < -0.39 is 35.2 Å². The summed E-state index contributed by atoms with van der Waals surface area (Å²) in [5.74, 6) is -3.25. The van der Waals surface area contributed by atoms with Crippen LogP contribution in [0.4, 0.5) is 4.39 Å². The lowest BCUT2D eigenvalue weighted by Crippen LogP contribution is -2.51. The average Bonchev–Trinajstić information content (AvgIpc) is 3.81. The molecule has 5 heterocycles. The van der Waals surface area contributed by atoms with E-state index in [0.29, 0.717) is 80.6 Å². The van der Waals surface area contributed by atoms with E-state index in [1.807, 2.05) is 20.8 Å².